The zero-order chi connectivity index (χ0) is 12.4. The van der Waals surface area contributed by atoms with E-state index < -0.39 is 5.91 Å². The van der Waals surface area contributed by atoms with Crippen LogP contribution in [0.4, 0.5) is 6.01 Å². The Labute approximate surface area is 97.3 Å². The molecule has 0 unspecified atom stereocenters. The van der Waals surface area contributed by atoms with Crippen molar-refractivity contribution in [2.24, 2.45) is 0 Å². The Morgan fingerprint density at radius 3 is 2.76 bits per heavy atom. The first-order valence-corrected chi connectivity index (χ1v) is 4.97. The van der Waals surface area contributed by atoms with Crippen molar-refractivity contribution in [2.75, 3.05) is 5.32 Å². The van der Waals surface area contributed by atoms with Crippen molar-refractivity contribution in [3.8, 4) is 5.75 Å². The van der Waals surface area contributed by atoms with Crippen LogP contribution in [0.1, 0.15) is 21.8 Å². The Kier molecular flexibility index (Phi) is 2.78. The number of hydrogen-bond donors (Lipinski definition) is 2. The van der Waals surface area contributed by atoms with E-state index in [1.54, 1.807) is 19.1 Å². The van der Waals surface area contributed by atoms with Crippen molar-refractivity contribution in [2.45, 2.75) is 13.8 Å². The number of phenols is 1. The molecule has 1 aromatic carbocycles. The quantitative estimate of drug-likeness (QED) is 0.823. The average Bonchev–Trinajstić information content (AvgIpc) is 2.67. The first-order valence-electron chi connectivity index (χ1n) is 4.97. The molecule has 6 nitrogen and oxygen atoms in total. The second-order valence-electron chi connectivity index (χ2n) is 3.60. The number of amides is 1. The topological polar surface area (TPSA) is 88.2 Å². The van der Waals surface area contributed by atoms with Crippen molar-refractivity contribution in [1.29, 1.82) is 0 Å². The lowest BCUT2D eigenvalue weighted by molar-refractivity contribution is 0.102. The van der Waals surface area contributed by atoms with Crippen LogP contribution in [0.3, 0.4) is 0 Å². The predicted octanol–water partition coefficient (Wildman–Crippen LogP) is 1.64. The molecule has 0 fully saturated rings. The molecule has 2 aromatic rings. The standard InChI is InChI=1S/C11H11N3O3/c1-6-3-4-9(15)8(5-6)10(16)12-11-14-13-7(2)17-11/h3-5,15H,1-2H3,(H,12,14,16). The SMILES string of the molecule is Cc1ccc(O)c(C(=O)Nc2nnc(C)o2)c1. The summed E-state index contributed by atoms with van der Waals surface area (Å²) in [4.78, 5) is 11.8. The fraction of sp³-hybridized carbons (Fsp3) is 0.182. The van der Waals surface area contributed by atoms with Crippen LogP contribution in [0.25, 0.3) is 0 Å². The van der Waals surface area contributed by atoms with E-state index in [1.807, 2.05) is 6.92 Å². The van der Waals surface area contributed by atoms with Crippen LogP contribution in [-0.2, 0) is 0 Å². The van der Waals surface area contributed by atoms with Crippen molar-refractivity contribution < 1.29 is 14.3 Å². The maximum atomic E-state index is 11.8. The molecule has 0 radical (unpaired) electrons. The molecule has 0 saturated heterocycles. The molecule has 0 saturated carbocycles. The van der Waals surface area contributed by atoms with E-state index >= 15 is 0 Å². The highest BCUT2D eigenvalue weighted by molar-refractivity contribution is 6.05. The van der Waals surface area contributed by atoms with Gasteiger partial charge in [-0.25, -0.2) is 0 Å². The van der Waals surface area contributed by atoms with Gasteiger partial charge in [0.15, 0.2) is 0 Å². The predicted molar refractivity (Wildman–Crippen MR) is 59.8 cm³/mol. The first kappa shape index (κ1) is 11.1. The van der Waals surface area contributed by atoms with E-state index in [9.17, 15) is 9.90 Å². The third-order valence-corrected chi connectivity index (χ3v) is 2.14. The zero-order valence-corrected chi connectivity index (χ0v) is 9.39. The van der Waals surface area contributed by atoms with Crippen molar-refractivity contribution >= 4 is 11.9 Å². The van der Waals surface area contributed by atoms with Crippen LogP contribution in [0.5, 0.6) is 5.75 Å². The summed E-state index contributed by atoms with van der Waals surface area (Å²) in [7, 11) is 0. The van der Waals surface area contributed by atoms with E-state index in [1.165, 1.54) is 6.07 Å². The van der Waals surface area contributed by atoms with Crippen LogP contribution in [-0.4, -0.2) is 21.2 Å². The van der Waals surface area contributed by atoms with Crippen LogP contribution in [0, 0.1) is 13.8 Å². The van der Waals surface area contributed by atoms with Crippen molar-refractivity contribution in [1.82, 2.24) is 10.2 Å². The molecule has 1 aromatic heterocycles. The van der Waals surface area contributed by atoms with E-state index in [0.717, 1.165) is 5.56 Å². The van der Waals surface area contributed by atoms with Crippen LogP contribution in [0.2, 0.25) is 0 Å². The highest BCUT2D eigenvalue weighted by atomic mass is 16.4. The number of aromatic hydroxyl groups is 1. The third kappa shape index (κ3) is 2.41. The second kappa shape index (κ2) is 4.25. The van der Waals surface area contributed by atoms with Gasteiger partial charge in [-0.1, -0.05) is 16.7 Å². The number of aromatic nitrogens is 2. The van der Waals surface area contributed by atoms with E-state index in [4.69, 9.17) is 4.42 Å². The van der Waals surface area contributed by atoms with Gasteiger partial charge in [-0.05, 0) is 19.1 Å². The molecule has 6 heteroatoms. The number of hydrogen-bond acceptors (Lipinski definition) is 5. The number of anilines is 1. The van der Waals surface area contributed by atoms with Gasteiger partial charge in [-0.15, -0.1) is 5.10 Å². The Hall–Kier alpha value is -2.37. The summed E-state index contributed by atoms with van der Waals surface area (Å²) in [5, 5.41) is 19.2. The Morgan fingerprint density at radius 1 is 1.35 bits per heavy atom. The van der Waals surface area contributed by atoms with E-state index in [-0.39, 0.29) is 17.3 Å². The maximum Gasteiger partial charge on any atom is 0.322 e. The van der Waals surface area contributed by atoms with E-state index in [0.29, 0.717) is 5.89 Å². The highest BCUT2D eigenvalue weighted by Gasteiger charge is 2.14. The van der Waals surface area contributed by atoms with Crippen LogP contribution < -0.4 is 5.32 Å². The van der Waals surface area contributed by atoms with Gasteiger partial charge in [0, 0.05) is 6.92 Å². The molecule has 0 atom stereocenters. The molecule has 88 valence electrons. The van der Waals surface area contributed by atoms with Crippen molar-refractivity contribution in [3.05, 3.63) is 35.2 Å². The molecule has 17 heavy (non-hydrogen) atoms. The summed E-state index contributed by atoms with van der Waals surface area (Å²) in [6.07, 6.45) is 0. The molecule has 2 rings (SSSR count). The van der Waals surface area contributed by atoms with Crippen LogP contribution in [0.15, 0.2) is 22.6 Å². The largest absolute Gasteiger partial charge is 0.507 e. The summed E-state index contributed by atoms with van der Waals surface area (Å²) in [5.41, 5.74) is 1.04. The number of carbonyl (C=O) groups is 1. The molecule has 0 aliphatic heterocycles. The lowest BCUT2D eigenvalue weighted by atomic mass is 10.1. The average molecular weight is 233 g/mol. The number of carbonyl (C=O) groups excluding carboxylic acids is 1. The molecular weight excluding hydrogens is 222 g/mol. The molecule has 0 aliphatic rings. The van der Waals surface area contributed by atoms with Gasteiger partial charge in [-0.2, -0.15) is 0 Å². The monoisotopic (exact) mass is 233 g/mol. The Balaban J connectivity index is 2.22. The summed E-state index contributed by atoms with van der Waals surface area (Å²) >= 11 is 0. The maximum absolute atomic E-state index is 11.8. The minimum atomic E-state index is -0.491. The smallest absolute Gasteiger partial charge is 0.322 e. The molecule has 0 spiro atoms. The van der Waals surface area contributed by atoms with Gasteiger partial charge in [-0.3, -0.25) is 10.1 Å². The van der Waals surface area contributed by atoms with Gasteiger partial charge in [0.05, 0.1) is 5.56 Å². The molecule has 0 aliphatic carbocycles. The van der Waals surface area contributed by atoms with Gasteiger partial charge in [0.25, 0.3) is 5.91 Å². The second-order valence-corrected chi connectivity index (χ2v) is 3.60. The number of rotatable bonds is 2. The lowest BCUT2D eigenvalue weighted by Gasteiger charge is -2.04. The van der Waals surface area contributed by atoms with Gasteiger partial charge in [0.1, 0.15) is 5.75 Å². The minimum absolute atomic E-state index is 0.00778. The zero-order valence-electron chi connectivity index (χ0n) is 9.39. The summed E-state index contributed by atoms with van der Waals surface area (Å²) < 4.78 is 5.01. The number of phenolic OH excluding ortho intramolecular Hbond substituents is 1. The molecule has 1 heterocycles. The molecule has 1 amide bonds. The minimum Gasteiger partial charge on any atom is -0.507 e. The number of nitrogens with one attached hydrogen (secondary N) is 1. The number of aryl methyl sites for hydroxylation is 2. The number of benzene rings is 1. The normalized spacial score (nSPS) is 10.2. The fourth-order valence-electron chi connectivity index (χ4n) is 1.34. The van der Waals surface area contributed by atoms with Crippen molar-refractivity contribution in [3.63, 3.8) is 0 Å². The summed E-state index contributed by atoms with van der Waals surface area (Å²) in [5.74, 6) is -0.229. The van der Waals surface area contributed by atoms with Gasteiger partial charge in [0.2, 0.25) is 5.89 Å². The fourth-order valence-corrected chi connectivity index (χ4v) is 1.34. The van der Waals surface area contributed by atoms with Crippen LogP contribution >= 0.6 is 0 Å². The lowest BCUT2D eigenvalue weighted by Crippen LogP contribution is -2.12. The molecular formula is C11H11N3O3. The van der Waals surface area contributed by atoms with Gasteiger partial charge < -0.3 is 9.52 Å². The molecule has 0 bridgehead atoms. The summed E-state index contributed by atoms with van der Waals surface area (Å²) in [6.45, 7) is 3.44. The third-order valence-electron chi connectivity index (χ3n) is 2.14. The molecule has 2 N–H and O–H groups in total. The van der Waals surface area contributed by atoms with Gasteiger partial charge >= 0.3 is 6.01 Å². The Morgan fingerprint density at radius 2 is 2.12 bits per heavy atom. The highest BCUT2D eigenvalue weighted by Crippen LogP contribution is 2.19. The Bertz CT molecular complexity index is 563. The number of nitrogens with zero attached hydrogens (tertiary/aromatic N) is 2. The first-order chi connectivity index (χ1) is 8.06. The van der Waals surface area contributed by atoms with E-state index in [2.05, 4.69) is 15.5 Å². The summed E-state index contributed by atoms with van der Waals surface area (Å²) in [6, 6.07) is 4.76.